The molecule has 1 aliphatic carbocycles. The molecule has 2 aliphatic rings. The number of hydrogen-bond acceptors (Lipinski definition) is 5. The van der Waals surface area contributed by atoms with Crippen molar-refractivity contribution < 1.29 is 26.3 Å². The second-order valence-electron chi connectivity index (χ2n) is 7.21. The number of ether oxygens (including phenoxy) is 1. The van der Waals surface area contributed by atoms with Gasteiger partial charge < -0.3 is 4.74 Å². The fraction of sp³-hybridized carbons (Fsp3) is 0.750. The molecule has 1 aromatic rings. The molecule has 1 unspecified atom stereocenters. The van der Waals surface area contributed by atoms with E-state index in [9.17, 15) is 26.9 Å². The zero-order chi connectivity index (χ0) is 20.0. The van der Waals surface area contributed by atoms with Gasteiger partial charge in [0.25, 0.3) is 0 Å². The summed E-state index contributed by atoms with van der Waals surface area (Å²) in [5.41, 5.74) is 0.201. The second kappa shape index (κ2) is 6.76. The first-order valence-electron chi connectivity index (χ1n) is 8.57. The summed E-state index contributed by atoms with van der Waals surface area (Å²) in [6.07, 6.45) is -3.35. The average Bonchev–Trinajstić information content (AvgIpc) is 3.27. The predicted molar refractivity (Wildman–Crippen MR) is 89.1 cm³/mol. The molecule has 1 aromatic heterocycles. The standard InChI is InChI=1S/C16H21F3N4O3S/c1-11-14(12(2)22(21-11)9-16(17,18)19)13-7-26-6-5-23(13)27(24,25)10-15(8-20)3-4-15/h13H,3-7,9-10H2,1-2H3. The van der Waals surface area contributed by atoms with Gasteiger partial charge in [-0.2, -0.15) is 27.8 Å². The Morgan fingerprint density at radius 3 is 2.59 bits per heavy atom. The highest BCUT2D eigenvalue weighted by Gasteiger charge is 2.49. The van der Waals surface area contributed by atoms with Crippen molar-refractivity contribution in [1.82, 2.24) is 14.1 Å². The minimum Gasteiger partial charge on any atom is -0.378 e. The molecule has 2 fully saturated rings. The van der Waals surface area contributed by atoms with E-state index < -0.39 is 34.2 Å². The van der Waals surface area contributed by atoms with Crippen molar-refractivity contribution in [3.8, 4) is 6.07 Å². The van der Waals surface area contributed by atoms with Crippen molar-refractivity contribution in [3.05, 3.63) is 17.0 Å². The number of alkyl halides is 3. The van der Waals surface area contributed by atoms with Gasteiger partial charge in [-0.25, -0.2) is 8.42 Å². The molecule has 3 rings (SSSR count). The van der Waals surface area contributed by atoms with E-state index in [0.717, 1.165) is 4.68 Å². The Labute approximate surface area is 155 Å². The maximum atomic E-state index is 13.0. The van der Waals surface area contributed by atoms with E-state index in [1.54, 1.807) is 6.92 Å². The summed E-state index contributed by atoms with van der Waals surface area (Å²) >= 11 is 0. The molecular weight excluding hydrogens is 385 g/mol. The fourth-order valence-electron chi connectivity index (χ4n) is 3.54. The molecule has 150 valence electrons. The molecular formula is C16H21F3N4O3S. The fourth-order valence-corrected chi connectivity index (χ4v) is 5.66. The van der Waals surface area contributed by atoms with Gasteiger partial charge in [-0.05, 0) is 26.7 Å². The third kappa shape index (κ3) is 4.12. The Balaban J connectivity index is 1.94. The highest BCUT2D eigenvalue weighted by atomic mass is 32.2. The predicted octanol–water partition coefficient (Wildman–Crippen LogP) is 2.07. The van der Waals surface area contributed by atoms with Gasteiger partial charge in [0.05, 0.1) is 42.2 Å². The number of hydrogen-bond donors (Lipinski definition) is 0. The van der Waals surface area contributed by atoms with Gasteiger partial charge in [-0.15, -0.1) is 0 Å². The SMILES string of the molecule is Cc1nn(CC(F)(F)F)c(C)c1C1COCCN1S(=O)(=O)CC1(C#N)CC1. The van der Waals surface area contributed by atoms with Gasteiger partial charge in [0, 0.05) is 17.8 Å². The van der Waals surface area contributed by atoms with E-state index in [0.29, 0.717) is 24.1 Å². The van der Waals surface area contributed by atoms with Crippen molar-refractivity contribution in [2.75, 3.05) is 25.5 Å². The van der Waals surface area contributed by atoms with Crippen LogP contribution in [0.1, 0.15) is 35.8 Å². The van der Waals surface area contributed by atoms with Crippen molar-refractivity contribution in [2.24, 2.45) is 5.41 Å². The summed E-state index contributed by atoms with van der Waals surface area (Å²) in [7, 11) is -3.78. The highest BCUT2D eigenvalue weighted by molar-refractivity contribution is 7.89. The van der Waals surface area contributed by atoms with E-state index >= 15 is 0 Å². The average molecular weight is 406 g/mol. The van der Waals surface area contributed by atoms with Crippen LogP contribution in [0.2, 0.25) is 0 Å². The monoisotopic (exact) mass is 406 g/mol. The quantitative estimate of drug-likeness (QED) is 0.747. The number of nitriles is 1. The summed E-state index contributed by atoms with van der Waals surface area (Å²) in [6, 6.07) is 1.33. The van der Waals surface area contributed by atoms with Gasteiger partial charge in [0.2, 0.25) is 10.0 Å². The highest BCUT2D eigenvalue weighted by Crippen LogP contribution is 2.47. The Morgan fingerprint density at radius 2 is 2.04 bits per heavy atom. The van der Waals surface area contributed by atoms with Crippen molar-refractivity contribution in [2.45, 2.75) is 45.5 Å². The third-order valence-corrected chi connectivity index (χ3v) is 7.15. The van der Waals surface area contributed by atoms with E-state index in [2.05, 4.69) is 11.2 Å². The molecule has 27 heavy (non-hydrogen) atoms. The number of aromatic nitrogens is 2. The second-order valence-corrected chi connectivity index (χ2v) is 9.13. The van der Waals surface area contributed by atoms with Crippen molar-refractivity contribution >= 4 is 10.0 Å². The maximum absolute atomic E-state index is 13.0. The largest absolute Gasteiger partial charge is 0.408 e. The normalized spacial score (nSPS) is 23.2. The van der Waals surface area contributed by atoms with E-state index in [1.807, 2.05) is 0 Å². The zero-order valence-corrected chi connectivity index (χ0v) is 15.9. The third-order valence-electron chi connectivity index (χ3n) is 5.09. The number of rotatable bonds is 5. The van der Waals surface area contributed by atoms with Crippen LogP contribution in [0.3, 0.4) is 0 Å². The van der Waals surface area contributed by atoms with Gasteiger partial charge in [-0.3, -0.25) is 4.68 Å². The van der Waals surface area contributed by atoms with Crippen LogP contribution in [0, 0.1) is 30.6 Å². The van der Waals surface area contributed by atoms with E-state index in [1.165, 1.54) is 11.2 Å². The molecule has 1 aliphatic heterocycles. The van der Waals surface area contributed by atoms with Crippen LogP contribution < -0.4 is 0 Å². The van der Waals surface area contributed by atoms with Crippen molar-refractivity contribution in [1.29, 1.82) is 5.26 Å². The molecule has 0 radical (unpaired) electrons. The van der Waals surface area contributed by atoms with E-state index in [4.69, 9.17) is 4.74 Å². The van der Waals surface area contributed by atoms with Crippen LogP contribution in [0.4, 0.5) is 13.2 Å². The first-order chi connectivity index (χ1) is 12.5. The van der Waals surface area contributed by atoms with Gasteiger partial charge in [0.1, 0.15) is 6.54 Å². The minimum absolute atomic E-state index is 0.0399. The number of aryl methyl sites for hydroxylation is 1. The Morgan fingerprint density at radius 1 is 1.37 bits per heavy atom. The number of sulfonamides is 1. The lowest BCUT2D eigenvalue weighted by atomic mass is 10.0. The number of halogens is 3. The Bertz CT molecular complexity index is 869. The molecule has 2 heterocycles. The van der Waals surface area contributed by atoms with E-state index in [-0.39, 0.29) is 31.2 Å². The Hall–Kier alpha value is -1.64. The molecule has 0 bridgehead atoms. The van der Waals surface area contributed by atoms with Gasteiger partial charge in [0.15, 0.2) is 0 Å². The topological polar surface area (TPSA) is 88.2 Å². The smallest absolute Gasteiger partial charge is 0.378 e. The van der Waals surface area contributed by atoms with Crippen LogP contribution in [-0.2, 0) is 21.3 Å². The summed E-state index contributed by atoms with van der Waals surface area (Å²) in [5, 5.41) is 13.2. The molecule has 0 amide bonds. The summed E-state index contributed by atoms with van der Waals surface area (Å²) in [4.78, 5) is 0. The number of nitrogens with zero attached hydrogens (tertiary/aromatic N) is 4. The first kappa shape index (κ1) is 20.1. The maximum Gasteiger partial charge on any atom is 0.408 e. The summed E-state index contributed by atoms with van der Waals surface area (Å²) in [6.45, 7) is 2.15. The molecule has 7 nitrogen and oxygen atoms in total. The van der Waals surface area contributed by atoms with Crippen LogP contribution in [-0.4, -0.2) is 54.2 Å². The van der Waals surface area contributed by atoms with Gasteiger partial charge in [-0.1, -0.05) is 0 Å². The first-order valence-corrected chi connectivity index (χ1v) is 10.2. The summed E-state index contributed by atoms with van der Waals surface area (Å²) in [5.74, 6) is -0.276. The van der Waals surface area contributed by atoms with Crippen molar-refractivity contribution in [3.63, 3.8) is 0 Å². The lowest BCUT2D eigenvalue weighted by molar-refractivity contribution is -0.143. The summed E-state index contributed by atoms with van der Waals surface area (Å²) < 4.78 is 71.8. The van der Waals surface area contributed by atoms with Crippen LogP contribution in [0.5, 0.6) is 0 Å². The molecule has 1 saturated carbocycles. The zero-order valence-electron chi connectivity index (χ0n) is 15.1. The number of morpholine rings is 1. The van der Waals surface area contributed by atoms with Gasteiger partial charge >= 0.3 is 6.18 Å². The minimum atomic E-state index is -4.43. The van der Waals surface area contributed by atoms with Crippen LogP contribution in [0.25, 0.3) is 0 Å². The molecule has 11 heteroatoms. The molecule has 1 saturated heterocycles. The lowest BCUT2D eigenvalue weighted by Gasteiger charge is -2.35. The lowest BCUT2D eigenvalue weighted by Crippen LogP contribution is -2.45. The molecule has 1 atom stereocenters. The molecule has 0 N–H and O–H groups in total. The molecule has 0 aromatic carbocycles. The molecule has 0 spiro atoms. The Kier molecular flexibility index (Phi) is 5.03. The van der Waals surface area contributed by atoms with Crippen LogP contribution >= 0.6 is 0 Å². The van der Waals surface area contributed by atoms with Crippen LogP contribution in [0.15, 0.2) is 0 Å².